The highest BCUT2D eigenvalue weighted by molar-refractivity contribution is 7.86. The maximum atomic E-state index is 12.7. The highest BCUT2D eigenvalue weighted by Gasteiger charge is 2.28. The first kappa shape index (κ1) is 22.9. The summed E-state index contributed by atoms with van der Waals surface area (Å²) in [5, 5.41) is 24.6. The summed E-state index contributed by atoms with van der Waals surface area (Å²) < 4.78 is 28.0. The van der Waals surface area contributed by atoms with E-state index >= 15 is 0 Å². The van der Waals surface area contributed by atoms with Crippen LogP contribution in [0, 0.1) is 0 Å². The minimum atomic E-state index is -3.70. The first-order chi connectivity index (χ1) is 11.4. The quantitative estimate of drug-likeness (QED) is 0.327. The van der Waals surface area contributed by atoms with Gasteiger partial charge in [0, 0.05) is 40.3 Å². The summed E-state index contributed by atoms with van der Waals surface area (Å²) in [6, 6.07) is 0. The van der Waals surface area contributed by atoms with E-state index in [0.717, 1.165) is 5.82 Å². The molecular formula is C15H32N4O4S. The lowest BCUT2D eigenvalue weighted by Crippen LogP contribution is -2.47. The third kappa shape index (κ3) is 7.63. The molecule has 0 unspecified atom stereocenters. The zero-order chi connectivity index (χ0) is 18.6. The zero-order valence-corrected chi connectivity index (χ0v) is 15.9. The second-order valence-electron chi connectivity index (χ2n) is 5.16. The number of rotatable bonds is 13. The maximum absolute atomic E-state index is 12.7. The molecule has 0 aliphatic carbocycles. The summed E-state index contributed by atoms with van der Waals surface area (Å²) in [5.41, 5.74) is 0. The smallest absolute Gasteiger partial charge is 0.282 e. The molecule has 1 atom stereocenters. The van der Waals surface area contributed by atoms with E-state index in [4.69, 9.17) is 5.11 Å². The van der Waals surface area contributed by atoms with Gasteiger partial charge in [0.1, 0.15) is 0 Å². The molecule has 4 N–H and O–H groups in total. The van der Waals surface area contributed by atoms with Crippen molar-refractivity contribution in [1.82, 2.24) is 19.2 Å². The standard InChI is InChI=1S/C15H32N4O4S/c1-5-10-18(6-2)24(22,23)19(12-14(21)13-20)11-8-7-9-15(16-3)17-4/h7-9,14,16-17,20-21H,5-6,10-13H2,1-4H3/b8-7-/t14-/m1/s1. The third-order valence-corrected chi connectivity index (χ3v) is 5.39. The Balaban J connectivity index is 5.23. The van der Waals surface area contributed by atoms with E-state index in [0.29, 0.717) is 19.5 Å². The molecule has 0 aromatic rings. The lowest BCUT2D eigenvalue weighted by atomic mass is 10.3. The molecule has 24 heavy (non-hydrogen) atoms. The van der Waals surface area contributed by atoms with Gasteiger partial charge in [0.2, 0.25) is 0 Å². The lowest BCUT2D eigenvalue weighted by molar-refractivity contribution is 0.0791. The van der Waals surface area contributed by atoms with Gasteiger partial charge in [-0.05, 0) is 12.5 Å². The SMILES string of the molecule is CCCN(CC)S(=O)(=O)N(C/C=C\C=C(NC)NC)C[C@@H](O)CO. The Kier molecular flexibility index (Phi) is 11.7. The first-order valence-electron chi connectivity index (χ1n) is 8.13. The lowest BCUT2D eigenvalue weighted by Gasteiger charge is -2.29. The first-order valence-corrected chi connectivity index (χ1v) is 9.53. The van der Waals surface area contributed by atoms with Gasteiger partial charge in [-0.3, -0.25) is 0 Å². The molecule has 0 spiro atoms. The Hall–Kier alpha value is -1.13. The fourth-order valence-corrected chi connectivity index (χ4v) is 3.74. The van der Waals surface area contributed by atoms with Crippen LogP contribution < -0.4 is 10.6 Å². The Labute approximate surface area is 146 Å². The number of aliphatic hydroxyl groups is 2. The van der Waals surface area contributed by atoms with Crippen LogP contribution in [0.25, 0.3) is 0 Å². The third-order valence-electron chi connectivity index (χ3n) is 3.35. The average Bonchev–Trinajstić information content (AvgIpc) is 2.58. The Bertz CT molecular complexity index is 488. The van der Waals surface area contributed by atoms with Crippen molar-refractivity contribution in [3.63, 3.8) is 0 Å². The van der Waals surface area contributed by atoms with Gasteiger partial charge in [0.25, 0.3) is 10.2 Å². The van der Waals surface area contributed by atoms with Crippen LogP contribution in [-0.2, 0) is 10.2 Å². The van der Waals surface area contributed by atoms with Crippen LogP contribution >= 0.6 is 0 Å². The predicted molar refractivity (Wildman–Crippen MR) is 96.5 cm³/mol. The van der Waals surface area contributed by atoms with Crippen molar-refractivity contribution in [3.05, 3.63) is 24.0 Å². The summed E-state index contributed by atoms with van der Waals surface area (Å²) >= 11 is 0. The van der Waals surface area contributed by atoms with Gasteiger partial charge in [-0.25, -0.2) is 0 Å². The molecule has 0 rings (SSSR count). The van der Waals surface area contributed by atoms with Crippen LogP contribution in [0.1, 0.15) is 20.3 Å². The summed E-state index contributed by atoms with van der Waals surface area (Å²) in [7, 11) is -0.156. The number of hydrogen-bond donors (Lipinski definition) is 4. The highest BCUT2D eigenvalue weighted by atomic mass is 32.2. The fourth-order valence-electron chi connectivity index (χ4n) is 2.04. The second kappa shape index (κ2) is 12.3. The van der Waals surface area contributed by atoms with Gasteiger partial charge in [0.15, 0.2) is 0 Å². The molecule has 0 saturated heterocycles. The van der Waals surface area contributed by atoms with Crippen molar-refractivity contribution in [3.8, 4) is 0 Å². The summed E-state index contributed by atoms with van der Waals surface area (Å²) in [5.74, 6) is 0.789. The highest BCUT2D eigenvalue weighted by Crippen LogP contribution is 2.10. The van der Waals surface area contributed by atoms with Crippen molar-refractivity contribution >= 4 is 10.2 Å². The number of hydrogen-bond acceptors (Lipinski definition) is 6. The van der Waals surface area contributed by atoms with Crippen molar-refractivity contribution in [1.29, 1.82) is 0 Å². The molecule has 0 radical (unpaired) electrons. The molecule has 8 nitrogen and oxygen atoms in total. The molecule has 9 heteroatoms. The van der Waals surface area contributed by atoms with E-state index in [1.54, 1.807) is 39.2 Å². The summed E-state index contributed by atoms with van der Waals surface area (Å²) in [6.45, 7) is 3.92. The second-order valence-corrected chi connectivity index (χ2v) is 7.09. The Morgan fingerprint density at radius 2 is 1.83 bits per heavy atom. The average molecular weight is 365 g/mol. The predicted octanol–water partition coefficient (Wildman–Crippen LogP) is -0.545. The number of allylic oxidation sites excluding steroid dienone is 2. The van der Waals surface area contributed by atoms with Gasteiger partial charge in [-0.15, -0.1) is 0 Å². The van der Waals surface area contributed by atoms with Crippen LogP contribution in [0.15, 0.2) is 24.0 Å². The van der Waals surface area contributed by atoms with E-state index in [2.05, 4.69) is 10.6 Å². The Morgan fingerprint density at radius 1 is 1.21 bits per heavy atom. The minimum Gasteiger partial charge on any atom is -0.394 e. The van der Waals surface area contributed by atoms with E-state index in [9.17, 15) is 13.5 Å². The van der Waals surface area contributed by atoms with Gasteiger partial charge < -0.3 is 20.8 Å². The normalized spacial score (nSPS) is 13.5. The summed E-state index contributed by atoms with van der Waals surface area (Å²) in [6.07, 6.45) is 4.78. The molecule has 0 saturated carbocycles. The zero-order valence-electron chi connectivity index (χ0n) is 15.1. The van der Waals surface area contributed by atoms with Crippen molar-refractivity contribution in [2.75, 3.05) is 46.9 Å². The Morgan fingerprint density at radius 3 is 2.29 bits per heavy atom. The van der Waals surface area contributed by atoms with Crippen LogP contribution in [-0.4, -0.2) is 80.2 Å². The fraction of sp³-hybridized carbons (Fsp3) is 0.733. The minimum absolute atomic E-state index is 0.108. The van der Waals surface area contributed by atoms with Gasteiger partial charge in [0.05, 0.1) is 18.5 Å². The monoisotopic (exact) mass is 364 g/mol. The van der Waals surface area contributed by atoms with Crippen LogP contribution in [0.5, 0.6) is 0 Å². The molecule has 0 aromatic carbocycles. The molecule has 142 valence electrons. The molecule has 0 fully saturated rings. The van der Waals surface area contributed by atoms with E-state index in [-0.39, 0.29) is 13.1 Å². The molecule has 0 bridgehead atoms. The van der Waals surface area contributed by atoms with E-state index in [1.165, 1.54) is 8.61 Å². The van der Waals surface area contributed by atoms with Gasteiger partial charge in [-0.2, -0.15) is 17.0 Å². The molecule has 0 aliphatic heterocycles. The van der Waals surface area contributed by atoms with Crippen LogP contribution in [0.3, 0.4) is 0 Å². The van der Waals surface area contributed by atoms with Gasteiger partial charge >= 0.3 is 0 Å². The van der Waals surface area contributed by atoms with E-state index < -0.39 is 22.9 Å². The van der Waals surface area contributed by atoms with Crippen LogP contribution in [0.4, 0.5) is 0 Å². The van der Waals surface area contributed by atoms with Crippen molar-refractivity contribution in [2.24, 2.45) is 0 Å². The topological polar surface area (TPSA) is 105 Å². The van der Waals surface area contributed by atoms with Crippen molar-refractivity contribution in [2.45, 2.75) is 26.4 Å². The maximum Gasteiger partial charge on any atom is 0.282 e. The molecule has 0 heterocycles. The summed E-state index contributed by atoms with van der Waals surface area (Å²) in [4.78, 5) is 0. The van der Waals surface area contributed by atoms with E-state index in [1.807, 2.05) is 6.92 Å². The number of nitrogens with one attached hydrogen (secondary N) is 2. The largest absolute Gasteiger partial charge is 0.394 e. The van der Waals surface area contributed by atoms with Crippen LogP contribution in [0.2, 0.25) is 0 Å². The molecule has 0 aliphatic rings. The molecule has 0 aromatic heterocycles. The molecular weight excluding hydrogens is 332 g/mol. The van der Waals surface area contributed by atoms with Gasteiger partial charge in [-0.1, -0.05) is 26.0 Å². The number of nitrogens with zero attached hydrogens (tertiary/aromatic N) is 2. The number of aliphatic hydroxyl groups excluding tert-OH is 2. The molecule has 0 amide bonds. The van der Waals surface area contributed by atoms with Crippen molar-refractivity contribution < 1.29 is 18.6 Å².